The molecule has 0 fully saturated rings. The third-order valence-electron chi connectivity index (χ3n) is 6.60. The van der Waals surface area contributed by atoms with Gasteiger partial charge in [0.2, 0.25) is 11.8 Å². The zero-order chi connectivity index (χ0) is 29.4. The average Bonchev–Trinajstić information content (AvgIpc) is 2.91. The van der Waals surface area contributed by atoms with E-state index in [1.54, 1.807) is 18.2 Å². The van der Waals surface area contributed by atoms with Crippen molar-refractivity contribution in [1.82, 2.24) is 10.2 Å². The highest BCUT2D eigenvalue weighted by molar-refractivity contribution is 7.92. The number of anilines is 1. The summed E-state index contributed by atoms with van der Waals surface area (Å²) in [5.74, 6) is -0.808. The Labute approximate surface area is 247 Å². The second-order valence-corrected chi connectivity index (χ2v) is 12.4. The molecule has 0 heterocycles. The first-order chi connectivity index (χ1) is 19.0. The van der Waals surface area contributed by atoms with E-state index in [-0.39, 0.29) is 29.1 Å². The number of hydrogen-bond donors (Lipinski definition) is 1. The lowest BCUT2D eigenvalue weighted by Gasteiger charge is -2.33. The van der Waals surface area contributed by atoms with Crippen molar-refractivity contribution in [2.24, 2.45) is 0 Å². The van der Waals surface area contributed by atoms with Gasteiger partial charge in [0.15, 0.2) is 0 Å². The zero-order valence-corrected chi connectivity index (χ0v) is 25.4. The lowest BCUT2D eigenvalue weighted by Crippen LogP contribution is -2.53. The molecule has 0 saturated carbocycles. The van der Waals surface area contributed by atoms with Crippen molar-refractivity contribution in [3.05, 3.63) is 94.0 Å². The Morgan fingerprint density at radius 3 is 2.17 bits per heavy atom. The molecule has 3 aromatic rings. The molecule has 0 saturated heterocycles. The predicted octanol–water partition coefficient (Wildman–Crippen LogP) is 6.22. The fourth-order valence-corrected chi connectivity index (χ4v) is 5.98. The molecule has 2 amide bonds. The molecule has 0 aromatic heterocycles. The molecule has 0 aliphatic rings. The van der Waals surface area contributed by atoms with E-state index >= 15 is 0 Å². The maximum atomic E-state index is 14.1. The van der Waals surface area contributed by atoms with Crippen LogP contribution >= 0.6 is 23.2 Å². The maximum absolute atomic E-state index is 14.1. The van der Waals surface area contributed by atoms with Gasteiger partial charge in [-0.05, 0) is 74.7 Å². The first-order valence-electron chi connectivity index (χ1n) is 13.2. The quantitative estimate of drug-likeness (QED) is 0.266. The molecule has 1 N–H and O–H groups in total. The smallest absolute Gasteiger partial charge is 0.264 e. The summed E-state index contributed by atoms with van der Waals surface area (Å²) in [6, 6.07) is 18.8. The van der Waals surface area contributed by atoms with Crippen molar-refractivity contribution in [2.45, 2.75) is 64.1 Å². The fraction of sp³-hybridized carbons (Fsp3) is 0.333. The minimum Gasteiger partial charge on any atom is -0.352 e. The van der Waals surface area contributed by atoms with Crippen LogP contribution < -0.4 is 9.62 Å². The van der Waals surface area contributed by atoms with Crippen LogP contribution in [-0.2, 0) is 26.2 Å². The van der Waals surface area contributed by atoms with Crippen LogP contribution in [0.5, 0.6) is 0 Å². The fourth-order valence-electron chi connectivity index (χ4n) is 4.26. The molecule has 0 spiro atoms. The van der Waals surface area contributed by atoms with Gasteiger partial charge in [0.1, 0.15) is 12.6 Å². The number of halogens is 2. The minimum absolute atomic E-state index is 0.0311. The van der Waals surface area contributed by atoms with Gasteiger partial charge < -0.3 is 10.2 Å². The van der Waals surface area contributed by atoms with E-state index in [1.165, 1.54) is 35.2 Å². The van der Waals surface area contributed by atoms with E-state index in [2.05, 4.69) is 5.32 Å². The normalized spacial score (nSPS) is 12.8. The highest BCUT2D eigenvalue weighted by Gasteiger charge is 2.34. The summed E-state index contributed by atoms with van der Waals surface area (Å²) in [5.41, 5.74) is 2.06. The van der Waals surface area contributed by atoms with Crippen molar-refractivity contribution in [3.8, 4) is 0 Å². The van der Waals surface area contributed by atoms with E-state index in [0.717, 1.165) is 21.9 Å². The van der Waals surface area contributed by atoms with Gasteiger partial charge >= 0.3 is 0 Å². The molecule has 3 aromatic carbocycles. The Morgan fingerprint density at radius 1 is 0.900 bits per heavy atom. The molecule has 0 aliphatic heterocycles. The van der Waals surface area contributed by atoms with Gasteiger partial charge in [0.25, 0.3) is 10.0 Å². The van der Waals surface area contributed by atoms with Crippen molar-refractivity contribution in [2.75, 3.05) is 10.8 Å². The Bertz CT molecular complexity index is 1430. The monoisotopic (exact) mass is 603 g/mol. The number of hydrogen-bond acceptors (Lipinski definition) is 4. The van der Waals surface area contributed by atoms with Crippen LogP contribution in [0, 0.1) is 6.92 Å². The second-order valence-electron chi connectivity index (χ2n) is 9.70. The van der Waals surface area contributed by atoms with Crippen LogP contribution in [0.1, 0.15) is 44.7 Å². The first-order valence-corrected chi connectivity index (χ1v) is 15.3. The van der Waals surface area contributed by atoms with Gasteiger partial charge in [-0.1, -0.05) is 72.9 Å². The van der Waals surface area contributed by atoms with Crippen LogP contribution in [0.3, 0.4) is 0 Å². The van der Waals surface area contributed by atoms with Crippen molar-refractivity contribution in [1.29, 1.82) is 0 Å². The Balaban J connectivity index is 2.06. The third-order valence-corrected chi connectivity index (χ3v) is 8.87. The summed E-state index contributed by atoms with van der Waals surface area (Å²) in [5, 5.41) is 3.67. The summed E-state index contributed by atoms with van der Waals surface area (Å²) < 4.78 is 28.7. The molecular formula is C30H35Cl2N3O4S. The predicted molar refractivity (Wildman–Crippen MR) is 161 cm³/mol. The minimum atomic E-state index is -4.20. The number of carbonyl (C=O) groups is 2. The van der Waals surface area contributed by atoms with E-state index in [4.69, 9.17) is 23.2 Å². The SMILES string of the molecule is CC[C@@H](C)NC(=O)[C@@H](CC)N(Cc1cccc(C)c1)C(=O)CN(c1cccc(Cl)c1)S(=O)(=O)c1ccc(Cl)cc1. The van der Waals surface area contributed by atoms with E-state index in [0.29, 0.717) is 16.5 Å². The van der Waals surface area contributed by atoms with Crippen molar-refractivity contribution >= 4 is 50.7 Å². The first kappa shape index (κ1) is 31.5. The summed E-state index contributed by atoms with van der Waals surface area (Å²) in [6.07, 6.45) is 1.08. The summed E-state index contributed by atoms with van der Waals surface area (Å²) in [4.78, 5) is 28.8. The van der Waals surface area contributed by atoms with E-state index in [1.807, 2.05) is 52.0 Å². The van der Waals surface area contributed by atoms with Crippen LogP contribution in [0.2, 0.25) is 10.0 Å². The number of benzene rings is 3. The van der Waals surface area contributed by atoms with Gasteiger partial charge in [-0.3, -0.25) is 13.9 Å². The molecule has 7 nitrogen and oxygen atoms in total. The number of carbonyl (C=O) groups excluding carboxylic acids is 2. The Kier molecular flexibility index (Phi) is 11.0. The zero-order valence-electron chi connectivity index (χ0n) is 23.1. The van der Waals surface area contributed by atoms with Gasteiger partial charge in [0, 0.05) is 22.6 Å². The molecule has 0 bridgehead atoms. The van der Waals surface area contributed by atoms with Crippen LogP contribution in [-0.4, -0.2) is 43.8 Å². The maximum Gasteiger partial charge on any atom is 0.264 e. The van der Waals surface area contributed by atoms with E-state index in [9.17, 15) is 18.0 Å². The van der Waals surface area contributed by atoms with Gasteiger partial charge in [-0.15, -0.1) is 0 Å². The lowest BCUT2D eigenvalue weighted by atomic mass is 10.1. The van der Waals surface area contributed by atoms with Crippen LogP contribution in [0.15, 0.2) is 77.7 Å². The van der Waals surface area contributed by atoms with Crippen LogP contribution in [0.25, 0.3) is 0 Å². The largest absolute Gasteiger partial charge is 0.352 e. The van der Waals surface area contributed by atoms with E-state index < -0.39 is 28.5 Å². The lowest BCUT2D eigenvalue weighted by molar-refractivity contribution is -0.140. The molecular weight excluding hydrogens is 569 g/mol. The molecule has 0 aliphatic carbocycles. The summed E-state index contributed by atoms with van der Waals surface area (Å²) in [6.45, 7) is 7.24. The summed E-state index contributed by atoms with van der Waals surface area (Å²) >= 11 is 12.2. The number of sulfonamides is 1. The molecule has 40 heavy (non-hydrogen) atoms. The standard InChI is InChI=1S/C30H35Cl2N3O4S/c1-5-22(4)33-30(37)28(6-2)34(19-23-10-7-9-21(3)17-23)29(36)20-35(26-12-8-11-25(32)18-26)40(38,39)27-15-13-24(31)14-16-27/h7-18,22,28H,5-6,19-20H2,1-4H3,(H,33,37)/t22-,28-/m1/s1. The second kappa shape index (κ2) is 14.0. The Morgan fingerprint density at radius 2 is 1.57 bits per heavy atom. The molecule has 0 radical (unpaired) electrons. The van der Waals surface area contributed by atoms with Crippen LogP contribution in [0.4, 0.5) is 5.69 Å². The number of nitrogens with zero attached hydrogens (tertiary/aromatic N) is 2. The van der Waals surface area contributed by atoms with Crippen molar-refractivity contribution < 1.29 is 18.0 Å². The molecule has 3 rings (SSSR count). The molecule has 0 unspecified atom stereocenters. The Hall–Kier alpha value is -3.07. The summed E-state index contributed by atoms with van der Waals surface area (Å²) in [7, 11) is -4.20. The van der Waals surface area contributed by atoms with Gasteiger partial charge in [-0.25, -0.2) is 8.42 Å². The number of amides is 2. The van der Waals surface area contributed by atoms with Gasteiger partial charge in [-0.2, -0.15) is 0 Å². The number of rotatable bonds is 12. The van der Waals surface area contributed by atoms with Gasteiger partial charge in [0.05, 0.1) is 10.6 Å². The number of nitrogens with one attached hydrogen (secondary N) is 1. The highest BCUT2D eigenvalue weighted by Crippen LogP contribution is 2.27. The van der Waals surface area contributed by atoms with Crippen molar-refractivity contribution in [3.63, 3.8) is 0 Å². The average molecular weight is 605 g/mol. The molecule has 2 atom stereocenters. The number of aryl methyl sites for hydroxylation is 1. The topological polar surface area (TPSA) is 86.8 Å². The third kappa shape index (κ3) is 7.99. The molecule has 10 heteroatoms. The molecule has 214 valence electrons. The highest BCUT2D eigenvalue weighted by atomic mass is 35.5.